The molecule has 0 aliphatic carbocycles. The topological polar surface area (TPSA) is 20.2 Å². The molecule has 1 atom stereocenters. The summed E-state index contributed by atoms with van der Waals surface area (Å²) in [6.45, 7) is 0. The fourth-order valence-corrected chi connectivity index (χ4v) is 2.35. The average molecular weight is 736 g/mol. The van der Waals surface area contributed by atoms with Crippen LogP contribution in [0.2, 0.25) is 0 Å². The first kappa shape index (κ1) is 41.9. The molecule has 44 heavy (non-hydrogen) atoms. The summed E-state index contributed by atoms with van der Waals surface area (Å²) in [5.74, 6) is -113. The third kappa shape index (κ3) is 4.58. The van der Waals surface area contributed by atoms with Crippen LogP contribution >= 0.6 is 0 Å². The maximum atomic E-state index is 13.7. The van der Waals surface area contributed by atoms with Gasteiger partial charge in [-0.05, 0) is 0 Å². The van der Waals surface area contributed by atoms with E-state index in [1.165, 1.54) is 0 Å². The van der Waals surface area contributed by atoms with Gasteiger partial charge in [-0.25, -0.2) is 0 Å². The summed E-state index contributed by atoms with van der Waals surface area (Å²) in [6, 6.07) is 0. The van der Waals surface area contributed by atoms with Gasteiger partial charge in [-0.1, -0.05) is 0 Å². The van der Waals surface area contributed by atoms with Gasteiger partial charge >= 0.3 is 83.4 Å². The second kappa shape index (κ2) is 9.72. The maximum absolute atomic E-state index is 13.7. The predicted molar refractivity (Wildman–Crippen MR) is 72.6 cm³/mol. The van der Waals surface area contributed by atoms with Crippen LogP contribution in [0, 0.1) is 0 Å². The van der Waals surface area contributed by atoms with Gasteiger partial charge in [0.05, 0.1) is 0 Å². The largest absolute Gasteiger partial charge is 0.460 e. The zero-order chi connectivity index (χ0) is 37.0. The molecule has 0 saturated carbocycles. The average Bonchev–Trinajstić information content (AvgIpc) is 2.75. The molecule has 0 aromatic rings. The maximum Gasteiger partial charge on any atom is 0.460 e. The number of halogens is 29. The Morgan fingerprint density at radius 3 is 0.432 bits per heavy atom. The van der Waals surface area contributed by atoms with Crippen molar-refractivity contribution >= 4 is 0 Å². The van der Waals surface area contributed by atoms with E-state index in [1.807, 2.05) is 0 Å². The van der Waals surface area contributed by atoms with E-state index in [-0.39, 0.29) is 0 Å². The van der Waals surface area contributed by atoms with Gasteiger partial charge in [0.2, 0.25) is 0 Å². The van der Waals surface area contributed by atoms with Crippen LogP contribution in [0.3, 0.4) is 0 Å². The lowest BCUT2D eigenvalue weighted by molar-refractivity contribution is -0.498. The van der Waals surface area contributed by atoms with E-state index < -0.39 is 83.4 Å². The molecule has 0 spiro atoms. The fraction of sp³-hybridized carbons (Fsp3) is 1.00. The number of rotatable bonds is 11. The Morgan fingerprint density at radius 2 is 0.295 bits per heavy atom. The summed E-state index contributed by atoms with van der Waals surface area (Å²) < 4.78 is 377. The van der Waals surface area contributed by atoms with Crippen LogP contribution in [0.5, 0.6) is 0 Å². The Kier molecular flexibility index (Phi) is 9.26. The lowest BCUT2D eigenvalue weighted by atomic mass is 9.83. The number of hydrogen-bond acceptors (Lipinski definition) is 1. The normalized spacial score (nSPS) is 18.4. The lowest BCUT2D eigenvalue weighted by Gasteiger charge is -2.46. The van der Waals surface area contributed by atoms with Gasteiger partial charge in [-0.3, -0.25) is 0 Å². The smallest absolute Gasteiger partial charge is 0.352 e. The van der Waals surface area contributed by atoms with Crippen molar-refractivity contribution in [3.05, 3.63) is 0 Å². The first-order valence-electron chi connectivity index (χ1n) is 8.95. The molecular weight excluding hydrogens is 735 g/mol. The van der Waals surface area contributed by atoms with E-state index in [4.69, 9.17) is 5.11 Å². The molecule has 0 bridgehead atoms. The molecule has 266 valence electrons. The quantitative estimate of drug-likeness (QED) is 0.211. The van der Waals surface area contributed by atoms with E-state index in [9.17, 15) is 127 Å². The number of aliphatic hydroxyl groups is 1. The van der Waals surface area contributed by atoms with Gasteiger partial charge in [0.1, 0.15) is 0 Å². The van der Waals surface area contributed by atoms with Gasteiger partial charge < -0.3 is 5.11 Å². The third-order valence-electron chi connectivity index (χ3n) is 5.09. The van der Waals surface area contributed by atoms with Crippen molar-refractivity contribution in [1.29, 1.82) is 0 Å². The van der Waals surface area contributed by atoms with Gasteiger partial charge in [-0.2, -0.15) is 127 Å². The Bertz CT molecular complexity index is 969. The standard InChI is InChI=1S/C14HF29O/c15-1(16,3(19,20)6(25,26)10(33,34)13(38,39)40)2(17,18)4(21,22)8(29,30)12(37,44)9(31,32)5(23,24)7(27,28)11(35,36)14(41,42)43/h44H. The first-order valence-corrected chi connectivity index (χ1v) is 8.95. The summed E-state index contributed by atoms with van der Waals surface area (Å²) in [5, 5.41) is 8.13. The van der Waals surface area contributed by atoms with Gasteiger partial charge in [-0.15, -0.1) is 0 Å². The van der Waals surface area contributed by atoms with Crippen LogP contribution in [0.25, 0.3) is 0 Å². The van der Waals surface area contributed by atoms with Crippen molar-refractivity contribution in [1.82, 2.24) is 0 Å². The van der Waals surface area contributed by atoms with Crippen molar-refractivity contribution < 1.29 is 132 Å². The minimum absolute atomic E-state index is 8.13. The Morgan fingerprint density at radius 1 is 0.182 bits per heavy atom. The minimum Gasteiger partial charge on any atom is -0.352 e. The van der Waals surface area contributed by atoms with Crippen LogP contribution in [0.4, 0.5) is 127 Å². The molecule has 1 N–H and O–H groups in total. The predicted octanol–water partition coefficient (Wildman–Crippen LogP) is 8.76. The SMILES string of the molecule is OC(F)(C(F)(F)C(F)(F)C(F)(F)C(F)(F)C(F)(F)F)C(F)(F)C(F)(F)C(F)(F)C(F)(F)C(F)(F)C(F)(F)C(F)(F)C(F)(F)F. The van der Waals surface area contributed by atoms with Crippen molar-refractivity contribution in [2.24, 2.45) is 0 Å². The summed E-state index contributed by atoms with van der Waals surface area (Å²) in [5.41, 5.74) is 0. The number of hydrogen-bond donors (Lipinski definition) is 1. The Hall–Kier alpha value is -2.07. The second-order valence-electron chi connectivity index (χ2n) is 7.94. The molecule has 0 aliphatic heterocycles. The molecule has 0 fully saturated rings. The van der Waals surface area contributed by atoms with Gasteiger partial charge in [0, 0.05) is 0 Å². The molecule has 0 heterocycles. The number of alkyl halides is 29. The van der Waals surface area contributed by atoms with Crippen molar-refractivity contribution in [2.45, 2.75) is 83.4 Å². The molecule has 0 amide bonds. The molecule has 0 saturated heterocycles. The Balaban J connectivity index is 7.52. The van der Waals surface area contributed by atoms with Crippen molar-refractivity contribution in [2.75, 3.05) is 0 Å². The van der Waals surface area contributed by atoms with Crippen molar-refractivity contribution in [3.63, 3.8) is 0 Å². The molecule has 0 radical (unpaired) electrons. The summed E-state index contributed by atoms with van der Waals surface area (Å²) in [4.78, 5) is 0. The minimum atomic E-state index is -9.85. The summed E-state index contributed by atoms with van der Waals surface area (Å²) in [6.07, 6.45) is -16.5. The molecule has 1 unspecified atom stereocenters. The Labute approximate surface area is 217 Å². The van der Waals surface area contributed by atoms with Crippen LogP contribution in [-0.2, 0) is 0 Å². The fourth-order valence-electron chi connectivity index (χ4n) is 2.35. The highest BCUT2D eigenvalue weighted by atomic mass is 19.4. The molecular formula is C14HF29O. The van der Waals surface area contributed by atoms with Crippen LogP contribution in [-0.4, -0.2) is 88.5 Å². The molecule has 30 heteroatoms. The summed E-state index contributed by atoms with van der Waals surface area (Å²) >= 11 is 0. The highest BCUT2D eigenvalue weighted by Crippen LogP contribution is 2.68. The second-order valence-corrected chi connectivity index (χ2v) is 7.94. The van der Waals surface area contributed by atoms with Crippen LogP contribution in [0.15, 0.2) is 0 Å². The monoisotopic (exact) mass is 736 g/mol. The van der Waals surface area contributed by atoms with Crippen LogP contribution < -0.4 is 0 Å². The summed E-state index contributed by atoms with van der Waals surface area (Å²) in [7, 11) is 0. The van der Waals surface area contributed by atoms with Crippen LogP contribution in [0.1, 0.15) is 0 Å². The first-order chi connectivity index (χ1) is 18.2. The van der Waals surface area contributed by atoms with E-state index in [1.54, 1.807) is 0 Å². The molecule has 1 nitrogen and oxygen atoms in total. The third-order valence-corrected chi connectivity index (χ3v) is 5.09. The molecule has 0 aliphatic rings. The van der Waals surface area contributed by atoms with Gasteiger partial charge in [0.15, 0.2) is 0 Å². The van der Waals surface area contributed by atoms with Crippen molar-refractivity contribution in [3.8, 4) is 0 Å². The zero-order valence-corrected chi connectivity index (χ0v) is 18.4. The lowest BCUT2D eigenvalue weighted by Crippen LogP contribution is -2.80. The van der Waals surface area contributed by atoms with E-state index >= 15 is 0 Å². The van der Waals surface area contributed by atoms with Gasteiger partial charge in [0.25, 0.3) is 0 Å². The van der Waals surface area contributed by atoms with E-state index in [0.29, 0.717) is 0 Å². The van der Waals surface area contributed by atoms with E-state index in [0.717, 1.165) is 0 Å². The highest BCUT2D eigenvalue weighted by Gasteiger charge is 3.00. The molecule has 0 aromatic heterocycles. The van der Waals surface area contributed by atoms with E-state index in [2.05, 4.69) is 0 Å². The zero-order valence-electron chi connectivity index (χ0n) is 18.4. The molecule has 0 aromatic carbocycles. The molecule has 0 rings (SSSR count). The highest BCUT2D eigenvalue weighted by molar-refractivity contribution is 5.20.